The number of hydrogen-bond donors (Lipinski definition) is 1. The zero-order chi connectivity index (χ0) is 19.4. The van der Waals surface area contributed by atoms with E-state index in [0.717, 1.165) is 17.0 Å². The van der Waals surface area contributed by atoms with Gasteiger partial charge in [-0.25, -0.2) is 0 Å². The van der Waals surface area contributed by atoms with Crippen LogP contribution in [-0.4, -0.2) is 35.8 Å². The lowest BCUT2D eigenvalue weighted by molar-refractivity contribution is 0.280. The molecule has 1 aliphatic carbocycles. The number of hydrogen-bond acceptors (Lipinski definition) is 5. The zero-order valence-corrected chi connectivity index (χ0v) is 16.1. The summed E-state index contributed by atoms with van der Waals surface area (Å²) in [4.78, 5) is 16.0. The van der Waals surface area contributed by atoms with Crippen LogP contribution in [0.3, 0.4) is 0 Å². The zero-order valence-electron chi connectivity index (χ0n) is 16.1. The molecule has 0 amide bonds. The molecule has 0 saturated heterocycles. The van der Waals surface area contributed by atoms with Crippen molar-refractivity contribution in [2.75, 3.05) is 20.4 Å². The Labute approximate surface area is 159 Å². The van der Waals surface area contributed by atoms with Gasteiger partial charge in [0.15, 0.2) is 16.9 Å². The van der Waals surface area contributed by atoms with Crippen molar-refractivity contribution in [1.82, 2.24) is 4.57 Å². The number of aliphatic hydroxyl groups is 1. The van der Waals surface area contributed by atoms with E-state index in [1.165, 1.54) is 12.8 Å². The Morgan fingerprint density at radius 3 is 2.48 bits per heavy atom. The molecule has 6 nitrogen and oxygen atoms in total. The summed E-state index contributed by atoms with van der Waals surface area (Å²) in [5.41, 5.74) is 3.26. The van der Waals surface area contributed by atoms with E-state index in [2.05, 4.69) is 4.99 Å². The van der Waals surface area contributed by atoms with Gasteiger partial charge in [0.25, 0.3) is 0 Å². The molecule has 0 bridgehead atoms. The van der Waals surface area contributed by atoms with E-state index >= 15 is 0 Å². The molecule has 0 unspecified atom stereocenters. The highest BCUT2D eigenvalue weighted by Crippen LogP contribution is 2.33. The summed E-state index contributed by atoms with van der Waals surface area (Å²) in [6.45, 7) is 4.61. The Hall–Kier alpha value is -2.60. The maximum Gasteiger partial charge on any atom is 0.182 e. The summed E-state index contributed by atoms with van der Waals surface area (Å²) in [5.74, 6) is 2.00. The van der Waals surface area contributed by atoms with Crippen LogP contribution in [0, 0.1) is 19.8 Å². The Kier molecular flexibility index (Phi) is 5.96. The van der Waals surface area contributed by atoms with E-state index in [0.29, 0.717) is 36.3 Å². The van der Waals surface area contributed by atoms with Crippen molar-refractivity contribution in [1.29, 1.82) is 0 Å². The largest absolute Gasteiger partial charge is 0.493 e. The van der Waals surface area contributed by atoms with Gasteiger partial charge in [-0.1, -0.05) is 0 Å². The van der Waals surface area contributed by atoms with Crippen LogP contribution in [0.5, 0.6) is 11.5 Å². The quantitative estimate of drug-likeness (QED) is 0.725. The Morgan fingerprint density at radius 2 is 1.89 bits per heavy atom. The third kappa shape index (κ3) is 4.77. The third-order valence-electron chi connectivity index (χ3n) is 4.79. The second-order valence-corrected chi connectivity index (χ2v) is 6.93. The first-order valence-corrected chi connectivity index (χ1v) is 9.15. The number of aliphatic hydroxyl groups excluding tert-OH is 1. The molecule has 27 heavy (non-hydrogen) atoms. The average Bonchev–Trinajstić information content (AvgIpc) is 3.46. The highest BCUT2D eigenvalue weighted by molar-refractivity contribution is 6.01. The normalized spacial score (nSPS) is 14.3. The fraction of sp³-hybridized carbons (Fsp3) is 0.429. The van der Waals surface area contributed by atoms with Crippen molar-refractivity contribution >= 4 is 5.71 Å². The minimum atomic E-state index is -0.308. The lowest BCUT2D eigenvalue weighted by atomic mass is 10.1. The molecule has 1 saturated carbocycles. The Morgan fingerprint density at radius 1 is 1.19 bits per heavy atom. The first kappa shape index (κ1) is 19.2. The predicted molar refractivity (Wildman–Crippen MR) is 105 cm³/mol. The van der Waals surface area contributed by atoms with Crippen molar-refractivity contribution in [3.63, 3.8) is 0 Å². The van der Waals surface area contributed by atoms with Gasteiger partial charge >= 0.3 is 0 Å². The van der Waals surface area contributed by atoms with Crippen LogP contribution in [0.25, 0.3) is 0 Å². The van der Waals surface area contributed by atoms with E-state index in [-0.39, 0.29) is 12.2 Å². The number of methoxy groups -OCH3 is 1. The molecule has 1 aromatic heterocycles. The fourth-order valence-corrected chi connectivity index (χ4v) is 3.07. The molecule has 1 aliphatic rings. The van der Waals surface area contributed by atoms with E-state index in [1.54, 1.807) is 19.2 Å². The highest BCUT2D eigenvalue weighted by Gasteiger charge is 2.23. The van der Waals surface area contributed by atoms with Crippen LogP contribution in [0.2, 0.25) is 0 Å². The number of aryl methyl sites for hydroxylation is 2. The van der Waals surface area contributed by atoms with E-state index in [1.807, 2.05) is 36.6 Å². The van der Waals surface area contributed by atoms with E-state index < -0.39 is 0 Å². The van der Waals surface area contributed by atoms with E-state index in [9.17, 15) is 9.90 Å². The van der Waals surface area contributed by atoms with Crippen molar-refractivity contribution in [3.8, 4) is 11.5 Å². The molecule has 1 heterocycles. The van der Waals surface area contributed by atoms with Gasteiger partial charge in [0, 0.05) is 29.1 Å². The van der Waals surface area contributed by atoms with Crippen molar-refractivity contribution in [2.45, 2.75) is 33.2 Å². The first-order valence-electron chi connectivity index (χ1n) is 9.15. The summed E-state index contributed by atoms with van der Waals surface area (Å²) in [6, 6.07) is 8.87. The maximum absolute atomic E-state index is 11.7. The van der Waals surface area contributed by atoms with Gasteiger partial charge < -0.3 is 19.1 Å². The SMILES string of the molecule is COc1ccc(C(Cn2c(C)cc(=O)cc2C)=NCO)cc1OCC1CC1. The average molecular weight is 370 g/mol. The number of ether oxygens (including phenoxy) is 2. The summed E-state index contributed by atoms with van der Waals surface area (Å²) in [6.07, 6.45) is 2.42. The van der Waals surface area contributed by atoms with E-state index in [4.69, 9.17) is 9.47 Å². The molecular formula is C21H26N2O4. The van der Waals surface area contributed by atoms with Gasteiger partial charge in [0.05, 0.1) is 26.0 Å². The second kappa shape index (κ2) is 8.39. The molecular weight excluding hydrogens is 344 g/mol. The molecule has 1 aromatic carbocycles. The monoisotopic (exact) mass is 370 g/mol. The molecule has 0 spiro atoms. The minimum absolute atomic E-state index is 0.0119. The smallest absolute Gasteiger partial charge is 0.182 e. The molecule has 6 heteroatoms. The molecule has 1 fully saturated rings. The Balaban J connectivity index is 1.91. The molecule has 0 aliphatic heterocycles. The topological polar surface area (TPSA) is 73.1 Å². The van der Waals surface area contributed by atoms with Crippen LogP contribution in [0.4, 0.5) is 0 Å². The third-order valence-corrected chi connectivity index (χ3v) is 4.79. The summed E-state index contributed by atoms with van der Waals surface area (Å²) < 4.78 is 13.4. The lowest BCUT2D eigenvalue weighted by Crippen LogP contribution is -2.19. The van der Waals surface area contributed by atoms with Gasteiger partial charge in [0.1, 0.15) is 6.73 Å². The molecule has 3 rings (SSSR count). The van der Waals surface area contributed by atoms with Crippen molar-refractivity contribution in [3.05, 3.63) is 57.5 Å². The molecule has 0 radical (unpaired) electrons. The molecule has 144 valence electrons. The number of pyridine rings is 1. The fourth-order valence-electron chi connectivity index (χ4n) is 3.07. The minimum Gasteiger partial charge on any atom is -0.493 e. The number of nitrogens with zero attached hydrogens (tertiary/aromatic N) is 2. The number of rotatable bonds is 8. The Bertz CT molecular complexity index is 871. The maximum atomic E-state index is 11.7. The van der Waals surface area contributed by atoms with Crippen LogP contribution in [0.1, 0.15) is 29.8 Å². The second-order valence-electron chi connectivity index (χ2n) is 6.93. The summed E-state index contributed by atoms with van der Waals surface area (Å²) in [5, 5.41) is 9.41. The number of aliphatic imine (C=N–C) groups is 1. The summed E-state index contributed by atoms with van der Waals surface area (Å²) >= 11 is 0. The predicted octanol–water partition coefficient (Wildman–Crippen LogP) is 2.70. The van der Waals surface area contributed by atoms with Crippen molar-refractivity contribution in [2.24, 2.45) is 10.9 Å². The standard InChI is InChI=1S/C21H26N2O4/c1-14-8-18(25)9-15(2)23(14)11-19(22-13-24)17-6-7-20(26-3)21(10-17)27-12-16-4-5-16/h6-10,16,24H,4-5,11-13H2,1-3H3. The van der Waals surface area contributed by atoms with Gasteiger partial charge in [-0.2, -0.15) is 0 Å². The van der Waals surface area contributed by atoms with Crippen LogP contribution in [0.15, 0.2) is 40.1 Å². The van der Waals surface area contributed by atoms with Crippen molar-refractivity contribution < 1.29 is 14.6 Å². The molecule has 2 aromatic rings. The molecule has 0 atom stereocenters. The summed E-state index contributed by atoms with van der Waals surface area (Å²) in [7, 11) is 1.62. The van der Waals surface area contributed by atoms with Gasteiger partial charge in [-0.3, -0.25) is 9.79 Å². The number of benzene rings is 1. The molecule has 1 N–H and O–H groups in total. The van der Waals surface area contributed by atoms with Crippen LogP contribution >= 0.6 is 0 Å². The lowest BCUT2D eigenvalue weighted by Gasteiger charge is -2.17. The number of aromatic nitrogens is 1. The van der Waals surface area contributed by atoms with Crippen LogP contribution in [-0.2, 0) is 6.54 Å². The van der Waals surface area contributed by atoms with Gasteiger partial charge in [-0.15, -0.1) is 0 Å². The first-order chi connectivity index (χ1) is 13.0. The van der Waals surface area contributed by atoms with Gasteiger partial charge in [0.2, 0.25) is 0 Å². The van der Waals surface area contributed by atoms with Crippen LogP contribution < -0.4 is 14.9 Å². The highest BCUT2D eigenvalue weighted by atomic mass is 16.5. The van der Waals surface area contributed by atoms with Gasteiger partial charge in [-0.05, 0) is 50.8 Å².